The number of hydrogen-bond acceptors (Lipinski definition) is 2. The fourth-order valence-electron chi connectivity index (χ4n) is 2.22. The highest BCUT2D eigenvalue weighted by Gasteiger charge is 2.12. The standard InChI is InChI=1S/C16H14FN3O/c1-10-19-14-4-2-3-13(15(14)20-10)16(21)18-9-11-5-7-12(17)8-6-11/h2-8H,9H2,1H3,(H,18,21)(H,19,20). The van der Waals surface area contributed by atoms with Gasteiger partial charge in [0, 0.05) is 6.54 Å². The molecular formula is C16H14FN3O. The number of fused-ring (bicyclic) bond motifs is 1. The molecule has 5 heteroatoms. The van der Waals surface area contributed by atoms with Crippen molar-refractivity contribution in [2.75, 3.05) is 0 Å². The number of carbonyl (C=O) groups is 1. The molecule has 0 saturated carbocycles. The van der Waals surface area contributed by atoms with Crippen LogP contribution in [0.4, 0.5) is 4.39 Å². The Morgan fingerprint density at radius 3 is 2.76 bits per heavy atom. The maximum atomic E-state index is 12.8. The van der Waals surface area contributed by atoms with Gasteiger partial charge in [0.05, 0.1) is 11.1 Å². The lowest BCUT2D eigenvalue weighted by Gasteiger charge is -2.06. The number of H-pyrrole nitrogens is 1. The van der Waals surface area contributed by atoms with Crippen LogP contribution in [-0.4, -0.2) is 15.9 Å². The first kappa shape index (κ1) is 13.3. The van der Waals surface area contributed by atoms with Gasteiger partial charge >= 0.3 is 0 Å². The molecule has 4 nitrogen and oxygen atoms in total. The molecule has 0 unspecified atom stereocenters. The zero-order valence-electron chi connectivity index (χ0n) is 11.5. The molecule has 3 aromatic rings. The Hall–Kier alpha value is -2.69. The van der Waals surface area contributed by atoms with Gasteiger partial charge in [-0.05, 0) is 36.8 Å². The molecule has 2 N–H and O–H groups in total. The van der Waals surface area contributed by atoms with E-state index in [1.807, 2.05) is 19.1 Å². The molecular weight excluding hydrogens is 269 g/mol. The van der Waals surface area contributed by atoms with E-state index in [-0.39, 0.29) is 11.7 Å². The minimum Gasteiger partial charge on any atom is -0.348 e. The van der Waals surface area contributed by atoms with Crippen molar-refractivity contribution in [3.8, 4) is 0 Å². The van der Waals surface area contributed by atoms with Crippen molar-refractivity contribution < 1.29 is 9.18 Å². The number of halogens is 1. The second-order valence-electron chi connectivity index (χ2n) is 4.83. The van der Waals surface area contributed by atoms with Gasteiger partial charge in [-0.25, -0.2) is 9.37 Å². The van der Waals surface area contributed by atoms with Crippen molar-refractivity contribution in [3.63, 3.8) is 0 Å². The number of imidazole rings is 1. The number of aryl methyl sites for hydroxylation is 1. The second-order valence-corrected chi connectivity index (χ2v) is 4.83. The van der Waals surface area contributed by atoms with Crippen molar-refractivity contribution in [3.05, 3.63) is 65.2 Å². The number of rotatable bonds is 3. The summed E-state index contributed by atoms with van der Waals surface area (Å²) in [6.07, 6.45) is 0. The van der Waals surface area contributed by atoms with Crippen molar-refractivity contribution in [2.45, 2.75) is 13.5 Å². The van der Waals surface area contributed by atoms with E-state index in [1.165, 1.54) is 12.1 Å². The van der Waals surface area contributed by atoms with Gasteiger partial charge in [0.15, 0.2) is 0 Å². The number of aromatic nitrogens is 2. The zero-order valence-corrected chi connectivity index (χ0v) is 11.5. The quantitative estimate of drug-likeness (QED) is 0.776. The van der Waals surface area contributed by atoms with Gasteiger partial charge in [-0.15, -0.1) is 0 Å². The van der Waals surface area contributed by atoms with E-state index in [4.69, 9.17) is 0 Å². The van der Waals surface area contributed by atoms with E-state index in [0.29, 0.717) is 17.6 Å². The number of hydrogen-bond donors (Lipinski definition) is 2. The third-order valence-corrected chi connectivity index (χ3v) is 3.24. The maximum absolute atomic E-state index is 12.8. The van der Waals surface area contributed by atoms with Crippen molar-refractivity contribution in [1.29, 1.82) is 0 Å². The van der Waals surface area contributed by atoms with Crippen LogP contribution in [0.5, 0.6) is 0 Å². The Bertz CT molecular complexity index is 793. The Morgan fingerprint density at radius 1 is 1.24 bits per heavy atom. The highest BCUT2D eigenvalue weighted by atomic mass is 19.1. The number of nitrogens with one attached hydrogen (secondary N) is 2. The van der Waals surface area contributed by atoms with Gasteiger partial charge in [0.2, 0.25) is 0 Å². The normalized spacial score (nSPS) is 10.8. The summed E-state index contributed by atoms with van der Waals surface area (Å²) in [5.41, 5.74) is 2.86. The summed E-state index contributed by atoms with van der Waals surface area (Å²) in [5.74, 6) is 0.280. The largest absolute Gasteiger partial charge is 0.348 e. The minimum absolute atomic E-state index is 0.198. The molecule has 3 rings (SSSR count). The van der Waals surface area contributed by atoms with Crippen LogP contribution < -0.4 is 5.32 Å². The van der Waals surface area contributed by atoms with E-state index in [9.17, 15) is 9.18 Å². The number of aromatic amines is 1. The maximum Gasteiger partial charge on any atom is 0.253 e. The lowest BCUT2D eigenvalue weighted by molar-refractivity contribution is 0.0952. The summed E-state index contributed by atoms with van der Waals surface area (Å²) in [6.45, 7) is 2.19. The first-order valence-corrected chi connectivity index (χ1v) is 6.61. The smallest absolute Gasteiger partial charge is 0.253 e. The van der Waals surface area contributed by atoms with Gasteiger partial charge in [0.25, 0.3) is 5.91 Å². The van der Waals surface area contributed by atoms with E-state index in [1.54, 1.807) is 18.2 Å². The lowest BCUT2D eigenvalue weighted by Crippen LogP contribution is -2.23. The Kier molecular flexibility index (Phi) is 3.39. The van der Waals surface area contributed by atoms with Crippen LogP contribution in [-0.2, 0) is 6.54 Å². The Labute approximate surface area is 121 Å². The molecule has 106 valence electrons. The van der Waals surface area contributed by atoms with Crippen LogP contribution in [0.3, 0.4) is 0 Å². The summed E-state index contributed by atoms with van der Waals surface area (Å²) in [6, 6.07) is 11.5. The fourth-order valence-corrected chi connectivity index (χ4v) is 2.22. The highest BCUT2D eigenvalue weighted by molar-refractivity contribution is 6.04. The molecule has 2 aromatic carbocycles. The summed E-state index contributed by atoms with van der Waals surface area (Å²) in [5, 5.41) is 2.82. The van der Waals surface area contributed by atoms with Crippen LogP contribution in [0, 0.1) is 12.7 Å². The zero-order chi connectivity index (χ0) is 14.8. The molecule has 1 aromatic heterocycles. The van der Waals surface area contributed by atoms with Crippen LogP contribution >= 0.6 is 0 Å². The molecule has 0 bridgehead atoms. The molecule has 21 heavy (non-hydrogen) atoms. The second kappa shape index (κ2) is 5.36. The molecule has 0 fully saturated rings. The topological polar surface area (TPSA) is 57.8 Å². The number of carbonyl (C=O) groups excluding carboxylic acids is 1. The SMILES string of the molecule is Cc1nc2c(C(=O)NCc3ccc(F)cc3)cccc2[nH]1. The van der Waals surface area contributed by atoms with Gasteiger partial charge in [-0.3, -0.25) is 4.79 Å². The van der Waals surface area contributed by atoms with Gasteiger partial charge < -0.3 is 10.3 Å². The molecule has 0 aliphatic heterocycles. The summed E-state index contributed by atoms with van der Waals surface area (Å²) in [7, 11) is 0. The number of amides is 1. The fraction of sp³-hybridized carbons (Fsp3) is 0.125. The molecule has 0 saturated heterocycles. The van der Waals surface area contributed by atoms with E-state index in [2.05, 4.69) is 15.3 Å². The highest BCUT2D eigenvalue weighted by Crippen LogP contribution is 2.16. The van der Waals surface area contributed by atoms with Crippen LogP contribution in [0.15, 0.2) is 42.5 Å². The molecule has 0 aliphatic carbocycles. The minimum atomic E-state index is -0.290. The van der Waals surface area contributed by atoms with E-state index < -0.39 is 0 Å². The number of para-hydroxylation sites is 1. The first-order valence-electron chi connectivity index (χ1n) is 6.61. The van der Waals surface area contributed by atoms with Gasteiger partial charge in [0.1, 0.15) is 17.2 Å². The molecule has 0 aliphatic rings. The monoisotopic (exact) mass is 283 g/mol. The van der Waals surface area contributed by atoms with E-state index >= 15 is 0 Å². The van der Waals surface area contributed by atoms with Crippen molar-refractivity contribution >= 4 is 16.9 Å². The van der Waals surface area contributed by atoms with Gasteiger partial charge in [-0.1, -0.05) is 18.2 Å². The van der Waals surface area contributed by atoms with Crippen molar-refractivity contribution in [2.24, 2.45) is 0 Å². The molecule has 0 atom stereocenters. The summed E-state index contributed by atoms with van der Waals surface area (Å²) in [4.78, 5) is 19.7. The third-order valence-electron chi connectivity index (χ3n) is 3.24. The average Bonchev–Trinajstić information content (AvgIpc) is 2.86. The van der Waals surface area contributed by atoms with E-state index in [0.717, 1.165) is 16.9 Å². The van der Waals surface area contributed by atoms with Crippen LogP contribution in [0.1, 0.15) is 21.7 Å². The summed E-state index contributed by atoms with van der Waals surface area (Å²) < 4.78 is 12.8. The first-order chi connectivity index (χ1) is 10.1. The number of nitrogens with zero attached hydrogens (tertiary/aromatic N) is 1. The average molecular weight is 283 g/mol. The molecule has 1 heterocycles. The molecule has 0 spiro atoms. The van der Waals surface area contributed by atoms with Gasteiger partial charge in [-0.2, -0.15) is 0 Å². The molecule has 0 radical (unpaired) electrons. The Balaban J connectivity index is 1.79. The predicted octanol–water partition coefficient (Wildman–Crippen LogP) is 2.94. The van der Waals surface area contributed by atoms with Crippen LogP contribution in [0.25, 0.3) is 11.0 Å². The van der Waals surface area contributed by atoms with Crippen LogP contribution in [0.2, 0.25) is 0 Å². The number of benzene rings is 2. The summed E-state index contributed by atoms with van der Waals surface area (Å²) >= 11 is 0. The lowest BCUT2D eigenvalue weighted by atomic mass is 10.1. The molecule has 1 amide bonds. The third kappa shape index (κ3) is 2.76. The van der Waals surface area contributed by atoms with Crippen molar-refractivity contribution in [1.82, 2.24) is 15.3 Å². The predicted molar refractivity (Wildman–Crippen MR) is 78.4 cm³/mol. The Morgan fingerprint density at radius 2 is 2.00 bits per heavy atom.